The molecule has 25 heavy (non-hydrogen) atoms. The van der Waals surface area contributed by atoms with Crippen LogP contribution in [0.4, 0.5) is 10.1 Å². The number of halogens is 1. The SMILES string of the molecule is O=C(O)CC1SC(=Nc2ccc(F)cc2)N(Cc2ccccc2)C1=O. The highest BCUT2D eigenvalue weighted by molar-refractivity contribution is 8.15. The van der Waals surface area contributed by atoms with Gasteiger partial charge >= 0.3 is 5.97 Å². The van der Waals surface area contributed by atoms with Crippen LogP contribution in [0, 0.1) is 5.82 Å². The number of thioether (sulfide) groups is 1. The molecule has 1 fully saturated rings. The minimum atomic E-state index is -1.03. The van der Waals surface area contributed by atoms with Gasteiger partial charge in [-0.2, -0.15) is 0 Å². The molecule has 0 aromatic heterocycles. The van der Waals surface area contributed by atoms with Crippen LogP contribution in [0.5, 0.6) is 0 Å². The van der Waals surface area contributed by atoms with Gasteiger partial charge in [-0.05, 0) is 29.8 Å². The second-order valence-electron chi connectivity index (χ2n) is 5.49. The Bertz CT molecular complexity index is 809. The molecular formula is C18H15FN2O3S. The van der Waals surface area contributed by atoms with E-state index in [-0.39, 0.29) is 18.1 Å². The van der Waals surface area contributed by atoms with Gasteiger partial charge in [-0.15, -0.1) is 0 Å². The Morgan fingerprint density at radius 3 is 2.48 bits per heavy atom. The highest BCUT2D eigenvalue weighted by atomic mass is 32.2. The van der Waals surface area contributed by atoms with Crippen LogP contribution in [0.2, 0.25) is 0 Å². The fourth-order valence-electron chi connectivity index (χ4n) is 2.42. The molecule has 2 aromatic carbocycles. The van der Waals surface area contributed by atoms with Crippen LogP contribution in [-0.4, -0.2) is 32.3 Å². The largest absolute Gasteiger partial charge is 0.481 e. The number of benzene rings is 2. The number of amides is 1. The second-order valence-corrected chi connectivity index (χ2v) is 6.66. The lowest BCUT2D eigenvalue weighted by Gasteiger charge is -2.16. The van der Waals surface area contributed by atoms with Crippen LogP contribution in [0.3, 0.4) is 0 Å². The molecule has 1 heterocycles. The van der Waals surface area contributed by atoms with Crippen molar-refractivity contribution in [1.29, 1.82) is 0 Å². The maximum Gasteiger partial charge on any atom is 0.305 e. The van der Waals surface area contributed by atoms with Gasteiger partial charge in [-0.25, -0.2) is 9.38 Å². The molecular weight excluding hydrogens is 343 g/mol. The minimum Gasteiger partial charge on any atom is -0.481 e. The highest BCUT2D eigenvalue weighted by Crippen LogP contribution is 2.32. The van der Waals surface area contributed by atoms with Crippen LogP contribution in [0.15, 0.2) is 59.6 Å². The number of nitrogens with zero attached hydrogens (tertiary/aromatic N) is 2. The number of hydrogen-bond donors (Lipinski definition) is 1. The van der Waals surface area contributed by atoms with Crippen molar-refractivity contribution >= 4 is 34.5 Å². The summed E-state index contributed by atoms with van der Waals surface area (Å²) in [6, 6.07) is 15.0. The lowest BCUT2D eigenvalue weighted by molar-refractivity contribution is -0.139. The molecule has 7 heteroatoms. The van der Waals surface area contributed by atoms with Crippen molar-refractivity contribution in [2.45, 2.75) is 18.2 Å². The number of aliphatic carboxylic acids is 1. The molecule has 1 unspecified atom stereocenters. The molecule has 0 saturated carbocycles. The Labute approximate surface area is 148 Å². The summed E-state index contributed by atoms with van der Waals surface area (Å²) in [4.78, 5) is 29.5. The minimum absolute atomic E-state index is 0.267. The van der Waals surface area contributed by atoms with E-state index in [1.165, 1.54) is 29.2 Å². The van der Waals surface area contributed by atoms with Gasteiger partial charge in [0.25, 0.3) is 0 Å². The summed E-state index contributed by atoms with van der Waals surface area (Å²) < 4.78 is 13.0. The van der Waals surface area contributed by atoms with Gasteiger partial charge in [-0.1, -0.05) is 42.1 Å². The Morgan fingerprint density at radius 1 is 1.16 bits per heavy atom. The summed E-state index contributed by atoms with van der Waals surface area (Å²) in [5.74, 6) is -1.69. The van der Waals surface area contributed by atoms with E-state index in [4.69, 9.17) is 5.11 Å². The summed E-state index contributed by atoms with van der Waals surface area (Å²) >= 11 is 1.13. The molecule has 0 spiro atoms. The van der Waals surface area contributed by atoms with E-state index in [0.717, 1.165) is 17.3 Å². The lowest BCUT2D eigenvalue weighted by atomic mass is 10.2. The first kappa shape index (κ1) is 17.2. The molecule has 1 saturated heterocycles. The predicted octanol–water partition coefficient (Wildman–Crippen LogP) is 3.43. The van der Waals surface area contributed by atoms with E-state index >= 15 is 0 Å². The lowest BCUT2D eigenvalue weighted by Crippen LogP contribution is -2.32. The molecule has 1 amide bonds. The molecule has 1 aliphatic heterocycles. The Balaban J connectivity index is 1.90. The third-order valence-corrected chi connectivity index (χ3v) is 4.79. The van der Waals surface area contributed by atoms with Gasteiger partial charge in [0.1, 0.15) is 11.1 Å². The first-order valence-electron chi connectivity index (χ1n) is 7.61. The molecule has 0 radical (unpaired) electrons. The van der Waals surface area contributed by atoms with Crippen molar-refractivity contribution < 1.29 is 19.1 Å². The molecule has 0 aliphatic carbocycles. The molecule has 128 valence electrons. The van der Waals surface area contributed by atoms with Gasteiger partial charge in [-0.3, -0.25) is 14.5 Å². The van der Waals surface area contributed by atoms with E-state index in [0.29, 0.717) is 17.4 Å². The molecule has 0 bridgehead atoms. The van der Waals surface area contributed by atoms with Crippen LogP contribution in [-0.2, 0) is 16.1 Å². The maximum absolute atomic E-state index is 13.0. The Hall–Kier alpha value is -2.67. The van der Waals surface area contributed by atoms with Crippen LogP contribution in [0.1, 0.15) is 12.0 Å². The Morgan fingerprint density at radius 2 is 1.84 bits per heavy atom. The first-order valence-corrected chi connectivity index (χ1v) is 8.49. The molecule has 1 atom stereocenters. The standard InChI is InChI=1S/C18H15FN2O3S/c19-13-6-8-14(9-7-13)20-18-21(11-12-4-2-1-3-5-12)17(24)15(25-18)10-16(22)23/h1-9,15H,10-11H2,(H,22,23). The number of carbonyl (C=O) groups is 2. The van der Waals surface area contributed by atoms with E-state index < -0.39 is 11.2 Å². The predicted molar refractivity (Wildman–Crippen MR) is 94.1 cm³/mol. The number of carboxylic acid groups (broad SMARTS) is 1. The normalized spacial score (nSPS) is 18.8. The zero-order valence-electron chi connectivity index (χ0n) is 13.1. The summed E-state index contributed by atoms with van der Waals surface area (Å²) in [6.45, 7) is 0.308. The van der Waals surface area contributed by atoms with E-state index in [2.05, 4.69) is 4.99 Å². The third-order valence-electron chi connectivity index (χ3n) is 3.61. The smallest absolute Gasteiger partial charge is 0.305 e. The highest BCUT2D eigenvalue weighted by Gasteiger charge is 2.39. The van der Waals surface area contributed by atoms with E-state index in [1.54, 1.807) is 0 Å². The van der Waals surface area contributed by atoms with Gasteiger partial charge in [0.2, 0.25) is 5.91 Å². The van der Waals surface area contributed by atoms with Crippen molar-refractivity contribution in [3.05, 3.63) is 66.0 Å². The van der Waals surface area contributed by atoms with E-state index in [9.17, 15) is 14.0 Å². The van der Waals surface area contributed by atoms with Crippen LogP contribution >= 0.6 is 11.8 Å². The Kier molecular flexibility index (Phi) is 5.14. The maximum atomic E-state index is 13.0. The number of carboxylic acids is 1. The summed E-state index contributed by atoms with van der Waals surface area (Å²) in [5.41, 5.74) is 1.42. The quantitative estimate of drug-likeness (QED) is 0.889. The molecule has 2 aromatic rings. The number of aliphatic imine (C=N–C) groups is 1. The summed E-state index contributed by atoms with van der Waals surface area (Å²) in [7, 11) is 0. The topological polar surface area (TPSA) is 70.0 Å². The van der Waals surface area contributed by atoms with Gasteiger partial charge in [0, 0.05) is 0 Å². The van der Waals surface area contributed by atoms with Crippen LogP contribution < -0.4 is 0 Å². The first-order chi connectivity index (χ1) is 12.0. The zero-order chi connectivity index (χ0) is 17.8. The average molecular weight is 358 g/mol. The number of amidine groups is 1. The average Bonchev–Trinajstić information content (AvgIpc) is 2.86. The second kappa shape index (κ2) is 7.48. The van der Waals surface area contributed by atoms with Gasteiger partial charge in [0.15, 0.2) is 5.17 Å². The fourth-order valence-corrected chi connectivity index (χ4v) is 3.57. The third kappa shape index (κ3) is 4.24. The van der Waals surface area contributed by atoms with Gasteiger partial charge < -0.3 is 5.11 Å². The van der Waals surface area contributed by atoms with Gasteiger partial charge in [0.05, 0.1) is 18.7 Å². The zero-order valence-corrected chi connectivity index (χ0v) is 13.9. The summed E-state index contributed by atoms with van der Waals surface area (Å²) in [6.07, 6.45) is -0.267. The van der Waals surface area contributed by atoms with Crippen molar-refractivity contribution in [3.63, 3.8) is 0 Å². The molecule has 5 nitrogen and oxygen atoms in total. The molecule has 3 rings (SSSR count). The number of carbonyl (C=O) groups excluding carboxylic acids is 1. The van der Waals surface area contributed by atoms with Crippen molar-refractivity contribution in [1.82, 2.24) is 4.90 Å². The number of rotatable bonds is 5. The van der Waals surface area contributed by atoms with Crippen LogP contribution in [0.25, 0.3) is 0 Å². The summed E-state index contributed by atoms with van der Waals surface area (Å²) in [5, 5.41) is 8.72. The number of hydrogen-bond acceptors (Lipinski definition) is 4. The van der Waals surface area contributed by atoms with E-state index in [1.807, 2.05) is 30.3 Å². The van der Waals surface area contributed by atoms with Crippen molar-refractivity contribution in [2.24, 2.45) is 4.99 Å². The molecule has 1 N–H and O–H groups in total. The monoisotopic (exact) mass is 358 g/mol. The molecule has 1 aliphatic rings. The fraction of sp³-hybridized carbons (Fsp3) is 0.167. The van der Waals surface area contributed by atoms with Crippen molar-refractivity contribution in [3.8, 4) is 0 Å². The van der Waals surface area contributed by atoms with Crippen molar-refractivity contribution in [2.75, 3.05) is 0 Å².